The average Bonchev–Trinajstić information content (AvgIpc) is 2.38. The molecule has 17 heavy (non-hydrogen) atoms. The van der Waals surface area contributed by atoms with Gasteiger partial charge in [-0.3, -0.25) is 4.99 Å². The van der Waals surface area contributed by atoms with E-state index >= 15 is 0 Å². The second kappa shape index (κ2) is 7.44. The number of nitrogens with zero attached hydrogens (tertiary/aromatic N) is 2. The largest absolute Gasteiger partial charge is 0.497 e. The Hall–Kier alpha value is -1.84. The van der Waals surface area contributed by atoms with Crippen molar-refractivity contribution in [3.63, 3.8) is 0 Å². The molecule has 1 rings (SSSR count). The molecule has 0 N–H and O–H groups in total. The van der Waals surface area contributed by atoms with Crippen LogP contribution in [0.25, 0.3) is 0 Å². The zero-order valence-electron chi connectivity index (χ0n) is 10.5. The van der Waals surface area contributed by atoms with E-state index in [2.05, 4.69) is 17.1 Å². The second-order valence-electron chi connectivity index (χ2n) is 3.47. The first-order valence-electron chi connectivity index (χ1n) is 5.60. The van der Waals surface area contributed by atoms with E-state index in [0.717, 1.165) is 24.2 Å². The summed E-state index contributed by atoms with van der Waals surface area (Å²) >= 11 is 0. The number of hydrogen-bond donors (Lipinski definition) is 0. The van der Waals surface area contributed by atoms with E-state index in [9.17, 15) is 0 Å². The molecule has 0 fully saturated rings. The van der Waals surface area contributed by atoms with Gasteiger partial charge in [0, 0.05) is 13.5 Å². The van der Waals surface area contributed by atoms with Crippen LogP contribution in [0.5, 0.6) is 5.75 Å². The molecule has 4 heteroatoms. The third kappa shape index (κ3) is 4.68. The number of methoxy groups -OCH3 is 1. The normalized spacial score (nSPS) is 11.8. The van der Waals surface area contributed by atoms with Crippen LogP contribution in [0.15, 0.2) is 34.4 Å². The van der Waals surface area contributed by atoms with Crippen molar-refractivity contribution in [2.24, 2.45) is 10.1 Å². The molecule has 0 aliphatic carbocycles. The quantitative estimate of drug-likeness (QED) is 0.446. The maximum atomic E-state index is 5.18. The lowest BCUT2D eigenvalue weighted by molar-refractivity contribution is 0.319. The fraction of sp³-hybridized carbons (Fsp3) is 0.385. The Morgan fingerprint density at radius 3 is 2.53 bits per heavy atom. The molecule has 0 amide bonds. The smallest absolute Gasteiger partial charge is 0.219 e. The van der Waals surface area contributed by atoms with Crippen LogP contribution in [-0.4, -0.2) is 26.3 Å². The van der Waals surface area contributed by atoms with Gasteiger partial charge < -0.3 is 9.57 Å². The van der Waals surface area contributed by atoms with Gasteiger partial charge in [-0.05, 0) is 36.2 Å². The summed E-state index contributed by atoms with van der Waals surface area (Å²) in [5.41, 5.74) is 0.956. The van der Waals surface area contributed by atoms with E-state index in [-0.39, 0.29) is 0 Å². The monoisotopic (exact) mass is 234 g/mol. The van der Waals surface area contributed by atoms with Crippen LogP contribution in [-0.2, 0) is 4.84 Å². The van der Waals surface area contributed by atoms with Gasteiger partial charge in [-0.2, -0.15) is 0 Å². The van der Waals surface area contributed by atoms with Gasteiger partial charge in [0.15, 0.2) is 0 Å². The summed E-state index contributed by atoms with van der Waals surface area (Å²) in [6.45, 7) is 2.07. The molecular weight excluding hydrogens is 216 g/mol. The van der Waals surface area contributed by atoms with Crippen LogP contribution < -0.4 is 4.74 Å². The van der Waals surface area contributed by atoms with Crippen molar-refractivity contribution in [3.8, 4) is 5.75 Å². The number of aliphatic imine (C=N–C) groups is 1. The number of ether oxygens (including phenoxy) is 1. The predicted octanol–water partition coefficient (Wildman–Crippen LogP) is 2.87. The highest BCUT2D eigenvalue weighted by Crippen LogP contribution is 2.09. The molecule has 0 atom stereocenters. The lowest BCUT2D eigenvalue weighted by Gasteiger charge is -2.00. The third-order valence-corrected chi connectivity index (χ3v) is 2.19. The van der Waals surface area contributed by atoms with Gasteiger partial charge >= 0.3 is 0 Å². The molecule has 1 aromatic rings. The first-order chi connectivity index (χ1) is 8.30. The van der Waals surface area contributed by atoms with Gasteiger partial charge in [0.05, 0.1) is 13.3 Å². The summed E-state index contributed by atoms with van der Waals surface area (Å²) < 4.78 is 5.07. The first kappa shape index (κ1) is 13.2. The van der Waals surface area contributed by atoms with Crippen LogP contribution in [0.1, 0.15) is 25.3 Å². The van der Waals surface area contributed by atoms with E-state index in [4.69, 9.17) is 9.57 Å². The Kier molecular flexibility index (Phi) is 5.79. The number of oxime groups is 1. The third-order valence-electron chi connectivity index (χ3n) is 2.19. The maximum Gasteiger partial charge on any atom is 0.219 e. The van der Waals surface area contributed by atoms with Crippen molar-refractivity contribution in [3.05, 3.63) is 29.8 Å². The van der Waals surface area contributed by atoms with E-state index in [1.165, 1.54) is 0 Å². The zero-order valence-corrected chi connectivity index (χ0v) is 10.5. The fourth-order valence-corrected chi connectivity index (χ4v) is 1.25. The summed E-state index contributed by atoms with van der Waals surface area (Å²) in [7, 11) is 3.34. The molecule has 0 radical (unpaired) electrons. The number of rotatable bonds is 5. The van der Waals surface area contributed by atoms with Crippen molar-refractivity contribution < 1.29 is 9.57 Å². The highest BCUT2D eigenvalue weighted by atomic mass is 16.6. The van der Waals surface area contributed by atoms with Crippen LogP contribution in [0, 0.1) is 0 Å². The molecule has 0 heterocycles. The summed E-state index contributed by atoms with van der Waals surface area (Å²) in [5, 5.41) is 3.89. The maximum absolute atomic E-state index is 5.18. The summed E-state index contributed by atoms with van der Waals surface area (Å²) in [4.78, 5) is 9.18. The lowest BCUT2D eigenvalue weighted by atomic mass is 10.2. The Labute approximate surface area is 102 Å². The van der Waals surface area contributed by atoms with Gasteiger partial charge in [0.25, 0.3) is 0 Å². The first-order valence-corrected chi connectivity index (χ1v) is 5.60. The second-order valence-corrected chi connectivity index (χ2v) is 3.47. The molecule has 0 saturated carbocycles. The molecule has 0 bridgehead atoms. The predicted molar refractivity (Wildman–Crippen MR) is 69.9 cm³/mol. The molecular formula is C13H18N2O2. The van der Waals surface area contributed by atoms with Crippen LogP contribution >= 0.6 is 0 Å². The Balaban J connectivity index is 2.52. The molecule has 4 nitrogen and oxygen atoms in total. The number of benzene rings is 1. The Morgan fingerprint density at radius 2 is 2.00 bits per heavy atom. The van der Waals surface area contributed by atoms with Crippen LogP contribution in [0.4, 0.5) is 0 Å². The summed E-state index contributed by atoms with van der Waals surface area (Å²) in [6, 6.07) is 7.58. The molecule has 92 valence electrons. The Bertz CT molecular complexity index is 383. The van der Waals surface area contributed by atoms with Crippen LogP contribution in [0.3, 0.4) is 0 Å². The average molecular weight is 234 g/mol. The molecule has 0 unspecified atom stereocenters. The van der Waals surface area contributed by atoms with Crippen molar-refractivity contribution in [1.82, 2.24) is 0 Å². The molecule has 0 spiro atoms. The van der Waals surface area contributed by atoms with E-state index in [0.29, 0.717) is 5.90 Å². The van der Waals surface area contributed by atoms with Gasteiger partial charge in [-0.1, -0.05) is 12.1 Å². The zero-order chi connectivity index (χ0) is 12.5. The standard InChI is InChI=1S/C13H18N2O2/c1-4-5-13(14-2)17-15-10-11-6-8-12(16-3)9-7-11/h6-10H,4-5H2,1-3H3/b14-13?,15-10+. The molecule has 0 aliphatic heterocycles. The van der Waals surface area contributed by atoms with E-state index < -0.39 is 0 Å². The van der Waals surface area contributed by atoms with E-state index in [1.54, 1.807) is 20.4 Å². The van der Waals surface area contributed by atoms with Crippen molar-refractivity contribution in [2.75, 3.05) is 14.2 Å². The molecule has 1 aromatic carbocycles. The highest BCUT2D eigenvalue weighted by Gasteiger charge is 1.96. The topological polar surface area (TPSA) is 43.2 Å². The van der Waals surface area contributed by atoms with Crippen molar-refractivity contribution >= 4 is 12.1 Å². The minimum absolute atomic E-state index is 0.650. The lowest BCUT2D eigenvalue weighted by Crippen LogP contribution is -1.99. The summed E-state index contributed by atoms with van der Waals surface area (Å²) in [5.74, 6) is 1.47. The highest BCUT2D eigenvalue weighted by molar-refractivity contribution is 5.81. The fourth-order valence-electron chi connectivity index (χ4n) is 1.25. The van der Waals surface area contributed by atoms with Gasteiger partial charge in [-0.15, -0.1) is 0 Å². The van der Waals surface area contributed by atoms with Crippen LogP contribution in [0.2, 0.25) is 0 Å². The molecule has 0 saturated heterocycles. The van der Waals surface area contributed by atoms with Crippen molar-refractivity contribution in [1.29, 1.82) is 0 Å². The summed E-state index contributed by atoms with van der Waals surface area (Å²) in [6.07, 6.45) is 3.45. The Morgan fingerprint density at radius 1 is 1.29 bits per heavy atom. The van der Waals surface area contributed by atoms with Gasteiger partial charge in [-0.25, -0.2) is 0 Å². The number of hydrogen-bond acceptors (Lipinski definition) is 4. The minimum atomic E-state index is 0.650. The van der Waals surface area contributed by atoms with Crippen molar-refractivity contribution in [2.45, 2.75) is 19.8 Å². The van der Waals surface area contributed by atoms with Gasteiger partial charge in [0.2, 0.25) is 5.90 Å². The molecule has 0 aliphatic rings. The van der Waals surface area contributed by atoms with Gasteiger partial charge in [0.1, 0.15) is 5.75 Å². The SMILES string of the molecule is CCCC(=NC)O/N=C/c1ccc(OC)cc1. The molecule has 0 aromatic heterocycles. The minimum Gasteiger partial charge on any atom is -0.497 e. The van der Waals surface area contributed by atoms with E-state index in [1.807, 2.05) is 24.3 Å².